The zero-order chi connectivity index (χ0) is 15.8. The summed E-state index contributed by atoms with van der Waals surface area (Å²) >= 11 is 0. The highest BCUT2D eigenvalue weighted by atomic mass is 127. The van der Waals surface area contributed by atoms with Gasteiger partial charge in [-0.3, -0.25) is 0 Å². The van der Waals surface area contributed by atoms with E-state index in [2.05, 4.69) is 41.3 Å². The molecule has 1 fully saturated rings. The molecule has 1 aliphatic rings. The van der Waals surface area contributed by atoms with Crippen molar-refractivity contribution in [2.24, 2.45) is 16.8 Å². The standard InChI is InChI=1S/C17H30N4O.HI/c1-4-18-17(20-11-16-6-5-9-22-16)19-7-8-21-12-14(2)10-15(3)13-21;/h5-6,9,14-15H,4,7-8,10-13H2,1-3H3,(H2,18,19,20);1H. The van der Waals surface area contributed by atoms with Crippen LogP contribution in [0.3, 0.4) is 0 Å². The molecular formula is C17H31IN4O. The van der Waals surface area contributed by atoms with Crippen molar-refractivity contribution in [3.63, 3.8) is 0 Å². The van der Waals surface area contributed by atoms with E-state index >= 15 is 0 Å². The van der Waals surface area contributed by atoms with E-state index in [1.54, 1.807) is 6.26 Å². The second-order valence-corrected chi connectivity index (χ2v) is 6.41. The summed E-state index contributed by atoms with van der Waals surface area (Å²) in [6.07, 6.45) is 3.04. The van der Waals surface area contributed by atoms with E-state index < -0.39 is 0 Å². The number of guanidine groups is 1. The first-order valence-electron chi connectivity index (χ1n) is 8.44. The predicted molar refractivity (Wildman–Crippen MR) is 106 cm³/mol. The molecule has 2 atom stereocenters. The first kappa shape index (κ1) is 20.3. The maximum atomic E-state index is 5.31. The Hall–Kier alpha value is -0.760. The summed E-state index contributed by atoms with van der Waals surface area (Å²) < 4.78 is 5.31. The largest absolute Gasteiger partial charge is 0.467 e. The van der Waals surface area contributed by atoms with Crippen molar-refractivity contribution in [2.45, 2.75) is 33.7 Å². The fraction of sp³-hybridized carbons (Fsp3) is 0.706. The van der Waals surface area contributed by atoms with Gasteiger partial charge in [0.25, 0.3) is 0 Å². The molecule has 0 aromatic carbocycles. The summed E-state index contributed by atoms with van der Waals surface area (Å²) in [4.78, 5) is 7.11. The van der Waals surface area contributed by atoms with Crippen LogP contribution in [0.4, 0.5) is 0 Å². The first-order valence-corrected chi connectivity index (χ1v) is 8.44. The van der Waals surface area contributed by atoms with Crippen LogP contribution in [0.5, 0.6) is 0 Å². The van der Waals surface area contributed by atoms with Crippen LogP contribution in [0.1, 0.15) is 33.0 Å². The number of nitrogens with zero attached hydrogens (tertiary/aromatic N) is 2. The number of piperidine rings is 1. The number of halogens is 1. The van der Waals surface area contributed by atoms with Gasteiger partial charge >= 0.3 is 0 Å². The minimum absolute atomic E-state index is 0. The highest BCUT2D eigenvalue weighted by Crippen LogP contribution is 2.20. The molecule has 2 heterocycles. The van der Waals surface area contributed by atoms with E-state index in [1.165, 1.54) is 19.5 Å². The lowest BCUT2D eigenvalue weighted by atomic mass is 9.92. The molecule has 2 unspecified atom stereocenters. The topological polar surface area (TPSA) is 52.8 Å². The normalized spacial score (nSPS) is 22.5. The van der Waals surface area contributed by atoms with Gasteiger partial charge in [-0.05, 0) is 37.3 Å². The molecule has 23 heavy (non-hydrogen) atoms. The van der Waals surface area contributed by atoms with Crippen molar-refractivity contribution in [3.05, 3.63) is 24.2 Å². The lowest BCUT2D eigenvalue weighted by molar-refractivity contribution is 0.143. The third kappa shape index (κ3) is 7.56. The van der Waals surface area contributed by atoms with Gasteiger partial charge in [0, 0.05) is 32.7 Å². The number of hydrogen-bond donors (Lipinski definition) is 2. The van der Waals surface area contributed by atoms with Gasteiger partial charge in [-0.25, -0.2) is 4.99 Å². The molecule has 0 bridgehead atoms. The molecule has 1 saturated heterocycles. The van der Waals surface area contributed by atoms with E-state index in [-0.39, 0.29) is 24.0 Å². The van der Waals surface area contributed by atoms with Gasteiger partial charge in [0.05, 0.1) is 6.26 Å². The number of aliphatic imine (C=N–C) groups is 1. The molecule has 132 valence electrons. The van der Waals surface area contributed by atoms with Crippen molar-refractivity contribution in [2.75, 3.05) is 32.7 Å². The Morgan fingerprint density at radius 3 is 2.65 bits per heavy atom. The molecular weight excluding hydrogens is 403 g/mol. The zero-order valence-electron chi connectivity index (χ0n) is 14.5. The molecule has 1 aromatic rings. The van der Waals surface area contributed by atoms with Crippen LogP contribution in [0, 0.1) is 11.8 Å². The van der Waals surface area contributed by atoms with Crippen molar-refractivity contribution in [3.8, 4) is 0 Å². The monoisotopic (exact) mass is 434 g/mol. The maximum absolute atomic E-state index is 5.31. The molecule has 1 aliphatic heterocycles. The van der Waals surface area contributed by atoms with E-state index in [0.717, 1.165) is 43.2 Å². The quantitative estimate of drug-likeness (QED) is 0.411. The van der Waals surface area contributed by atoms with Gasteiger partial charge in [0.15, 0.2) is 5.96 Å². The summed E-state index contributed by atoms with van der Waals surface area (Å²) in [6, 6.07) is 3.84. The minimum Gasteiger partial charge on any atom is -0.467 e. The lowest BCUT2D eigenvalue weighted by Gasteiger charge is -2.35. The fourth-order valence-corrected chi connectivity index (χ4v) is 3.21. The van der Waals surface area contributed by atoms with Crippen molar-refractivity contribution in [1.82, 2.24) is 15.5 Å². The summed E-state index contributed by atoms with van der Waals surface area (Å²) in [6.45, 7) is 12.6. The van der Waals surface area contributed by atoms with Gasteiger partial charge in [0.2, 0.25) is 0 Å². The summed E-state index contributed by atoms with van der Waals surface area (Å²) in [5.74, 6) is 3.36. The van der Waals surface area contributed by atoms with Crippen LogP contribution in [-0.2, 0) is 6.54 Å². The Kier molecular flexibility index (Phi) is 9.62. The molecule has 2 rings (SSSR count). The third-order valence-electron chi connectivity index (χ3n) is 3.98. The van der Waals surface area contributed by atoms with Crippen LogP contribution in [0.2, 0.25) is 0 Å². The van der Waals surface area contributed by atoms with Crippen LogP contribution in [-0.4, -0.2) is 43.6 Å². The fourth-order valence-electron chi connectivity index (χ4n) is 3.21. The van der Waals surface area contributed by atoms with E-state index in [9.17, 15) is 0 Å². The third-order valence-corrected chi connectivity index (χ3v) is 3.98. The number of nitrogens with one attached hydrogen (secondary N) is 2. The van der Waals surface area contributed by atoms with Gasteiger partial charge in [0.1, 0.15) is 12.3 Å². The summed E-state index contributed by atoms with van der Waals surface area (Å²) in [5.41, 5.74) is 0. The number of rotatable bonds is 6. The molecule has 0 spiro atoms. The highest BCUT2D eigenvalue weighted by Gasteiger charge is 2.21. The van der Waals surface area contributed by atoms with Gasteiger partial charge in [-0.1, -0.05) is 13.8 Å². The zero-order valence-corrected chi connectivity index (χ0v) is 16.9. The number of hydrogen-bond acceptors (Lipinski definition) is 3. The van der Waals surface area contributed by atoms with Crippen LogP contribution in [0.15, 0.2) is 27.8 Å². The van der Waals surface area contributed by atoms with E-state index in [0.29, 0.717) is 6.54 Å². The molecule has 2 N–H and O–H groups in total. The van der Waals surface area contributed by atoms with Crippen molar-refractivity contribution >= 4 is 29.9 Å². The van der Waals surface area contributed by atoms with Crippen LogP contribution < -0.4 is 10.6 Å². The number of likely N-dealkylation sites (tertiary alicyclic amines) is 1. The molecule has 6 heteroatoms. The smallest absolute Gasteiger partial charge is 0.191 e. The summed E-state index contributed by atoms with van der Waals surface area (Å²) in [5, 5.41) is 6.69. The Morgan fingerprint density at radius 2 is 2.04 bits per heavy atom. The number of furan rings is 1. The van der Waals surface area contributed by atoms with E-state index in [1.807, 2.05) is 12.1 Å². The van der Waals surface area contributed by atoms with Crippen molar-refractivity contribution < 1.29 is 4.42 Å². The second kappa shape index (κ2) is 10.9. The lowest BCUT2D eigenvalue weighted by Crippen LogP contribution is -2.45. The molecule has 5 nitrogen and oxygen atoms in total. The molecule has 0 aliphatic carbocycles. The predicted octanol–water partition coefficient (Wildman–Crippen LogP) is 2.93. The van der Waals surface area contributed by atoms with Gasteiger partial charge in [-0.2, -0.15) is 0 Å². The van der Waals surface area contributed by atoms with E-state index in [4.69, 9.17) is 4.42 Å². The maximum Gasteiger partial charge on any atom is 0.191 e. The van der Waals surface area contributed by atoms with Crippen LogP contribution >= 0.6 is 24.0 Å². The minimum atomic E-state index is 0. The SMILES string of the molecule is CCNC(=NCc1ccco1)NCCN1CC(C)CC(C)C1.I. The van der Waals surface area contributed by atoms with Crippen LogP contribution in [0.25, 0.3) is 0 Å². The Labute approximate surface area is 157 Å². The second-order valence-electron chi connectivity index (χ2n) is 6.41. The first-order chi connectivity index (χ1) is 10.7. The highest BCUT2D eigenvalue weighted by molar-refractivity contribution is 14.0. The average Bonchev–Trinajstić information content (AvgIpc) is 2.97. The summed E-state index contributed by atoms with van der Waals surface area (Å²) in [7, 11) is 0. The van der Waals surface area contributed by atoms with Gasteiger partial charge < -0.3 is 20.0 Å². The Morgan fingerprint density at radius 1 is 1.30 bits per heavy atom. The molecule has 1 aromatic heterocycles. The Balaban J connectivity index is 0.00000264. The molecule has 0 amide bonds. The van der Waals surface area contributed by atoms with Gasteiger partial charge in [-0.15, -0.1) is 24.0 Å². The molecule has 0 saturated carbocycles. The Bertz CT molecular complexity index is 439. The molecule has 0 radical (unpaired) electrons. The van der Waals surface area contributed by atoms with Crippen molar-refractivity contribution in [1.29, 1.82) is 0 Å². The average molecular weight is 434 g/mol.